The summed E-state index contributed by atoms with van der Waals surface area (Å²) < 4.78 is 10.9. The molecule has 0 saturated carbocycles. The van der Waals surface area contributed by atoms with Gasteiger partial charge in [-0.25, -0.2) is 4.98 Å². The van der Waals surface area contributed by atoms with Crippen molar-refractivity contribution in [2.45, 2.75) is 13.5 Å². The van der Waals surface area contributed by atoms with E-state index in [0.717, 1.165) is 45.0 Å². The number of benzene rings is 3. The van der Waals surface area contributed by atoms with Crippen molar-refractivity contribution in [3.63, 3.8) is 0 Å². The second-order valence-corrected chi connectivity index (χ2v) is 6.91. The molecule has 0 amide bonds. The standard InChI is InChI=1S/C24H24N4O2/c1-16-12-13-22(30-3)20(14-16)27-24-26-19-10-6-5-9-18(19)23(28-24)25-15-17-8-4-7-11-21(17)29-2/h4-14H,15H2,1-3H3,(H2,25,26,27,28). The van der Waals surface area contributed by atoms with Crippen LogP contribution in [0.15, 0.2) is 66.7 Å². The molecular formula is C24H24N4O2. The van der Waals surface area contributed by atoms with E-state index in [9.17, 15) is 0 Å². The van der Waals surface area contributed by atoms with E-state index in [2.05, 4.69) is 15.6 Å². The quantitative estimate of drug-likeness (QED) is 0.438. The third-order valence-corrected chi connectivity index (χ3v) is 4.84. The first kappa shape index (κ1) is 19.5. The Kier molecular flexibility index (Phi) is 5.66. The van der Waals surface area contributed by atoms with Gasteiger partial charge in [0.1, 0.15) is 17.3 Å². The van der Waals surface area contributed by atoms with Crippen molar-refractivity contribution in [2.75, 3.05) is 24.9 Å². The molecule has 30 heavy (non-hydrogen) atoms. The third kappa shape index (κ3) is 4.12. The molecule has 0 radical (unpaired) electrons. The number of rotatable bonds is 7. The molecule has 0 spiro atoms. The molecular weight excluding hydrogens is 376 g/mol. The predicted octanol–water partition coefficient (Wildman–Crippen LogP) is 5.31. The summed E-state index contributed by atoms with van der Waals surface area (Å²) in [4.78, 5) is 9.42. The van der Waals surface area contributed by atoms with E-state index >= 15 is 0 Å². The lowest BCUT2D eigenvalue weighted by Gasteiger charge is -2.15. The van der Waals surface area contributed by atoms with E-state index in [0.29, 0.717) is 12.5 Å². The third-order valence-electron chi connectivity index (χ3n) is 4.84. The van der Waals surface area contributed by atoms with Crippen molar-refractivity contribution < 1.29 is 9.47 Å². The number of hydrogen-bond donors (Lipinski definition) is 2. The Morgan fingerprint density at radius 1 is 0.833 bits per heavy atom. The zero-order valence-electron chi connectivity index (χ0n) is 17.3. The second-order valence-electron chi connectivity index (χ2n) is 6.91. The fourth-order valence-electron chi connectivity index (χ4n) is 3.34. The number of ether oxygens (including phenoxy) is 2. The van der Waals surface area contributed by atoms with Crippen LogP contribution in [0.1, 0.15) is 11.1 Å². The van der Waals surface area contributed by atoms with Gasteiger partial charge in [0.05, 0.1) is 25.4 Å². The molecule has 4 aromatic rings. The van der Waals surface area contributed by atoms with Gasteiger partial charge < -0.3 is 20.1 Å². The van der Waals surface area contributed by atoms with Crippen LogP contribution in [-0.2, 0) is 6.54 Å². The Labute approximate surface area is 175 Å². The zero-order valence-corrected chi connectivity index (χ0v) is 17.3. The monoisotopic (exact) mass is 400 g/mol. The summed E-state index contributed by atoms with van der Waals surface area (Å²) in [6.45, 7) is 2.62. The molecule has 0 aliphatic rings. The lowest BCUT2D eigenvalue weighted by atomic mass is 10.2. The van der Waals surface area contributed by atoms with Crippen molar-refractivity contribution in [1.82, 2.24) is 9.97 Å². The molecule has 0 fully saturated rings. The van der Waals surface area contributed by atoms with Crippen LogP contribution in [0.3, 0.4) is 0 Å². The topological polar surface area (TPSA) is 68.3 Å². The van der Waals surface area contributed by atoms with Gasteiger partial charge in [-0.05, 0) is 42.8 Å². The van der Waals surface area contributed by atoms with Crippen LogP contribution in [0.2, 0.25) is 0 Å². The number of anilines is 3. The van der Waals surface area contributed by atoms with Gasteiger partial charge in [0.2, 0.25) is 5.95 Å². The predicted molar refractivity (Wildman–Crippen MR) is 121 cm³/mol. The summed E-state index contributed by atoms with van der Waals surface area (Å²) in [6, 6.07) is 21.8. The highest BCUT2D eigenvalue weighted by Crippen LogP contribution is 2.30. The molecule has 152 valence electrons. The maximum absolute atomic E-state index is 5.47. The van der Waals surface area contributed by atoms with Crippen molar-refractivity contribution in [3.8, 4) is 11.5 Å². The summed E-state index contributed by atoms with van der Waals surface area (Å²) in [6.07, 6.45) is 0. The minimum Gasteiger partial charge on any atom is -0.496 e. The molecule has 2 N–H and O–H groups in total. The van der Waals surface area contributed by atoms with Crippen molar-refractivity contribution >= 4 is 28.4 Å². The molecule has 1 aromatic heterocycles. The van der Waals surface area contributed by atoms with E-state index < -0.39 is 0 Å². The first-order valence-corrected chi connectivity index (χ1v) is 9.72. The van der Waals surface area contributed by atoms with Crippen LogP contribution < -0.4 is 20.1 Å². The minimum absolute atomic E-state index is 0.500. The normalized spacial score (nSPS) is 10.6. The van der Waals surface area contributed by atoms with Gasteiger partial charge in [-0.3, -0.25) is 0 Å². The van der Waals surface area contributed by atoms with Gasteiger partial charge in [-0.15, -0.1) is 0 Å². The van der Waals surface area contributed by atoms with Crippen molar-refractivity contribution in [1.29, 1.82) is 0 Å². The molecule has 0 unspecified atom stereocenters. The average molecular weight is 400 g/mol. The summed E-state index contributed by atoms with van der Waals surface area (Å²) in [5.74, 6) is 2.83. The fourth-order valence-corrected chi connectivity index (χ4v) is 3.34. The van der Waals surface area contributed by atoms with E-state index in [1.54, 1.807) is 14.2 Å². The van der Waals surface area contributed by atoms with Crippen LogP contribution in [0, 0.1) is 6.92 Å². The highest BCUT2D eigenvalue weighted by atomic mass is 16.5. The maximum atomic E-state index is 5.47. The maximum Gasteiger partial charge on any atom is 0.229 e. The number of fused-ring (bicyclic) bond motifs is 1. The van der Waals surface area contributed by atoms with Crippen molar-refractivity contribution in [3.05, 3.63) is 77.9 Å². The van der Waals surface area contributed by atoms with Crippen LogP contribution >= 0.6 is 0 Å². The Hall–Kier alpha value is -3.80. The Morgan fingerprint density at radius 2 is 1.60 bits per heavy atom. The van der Waals surface area contributed by atoms with E-state index in [1.807, 2.05) is 73.7 Å². The van der Waals surface area contributed by atoms with E-state index in [4.69, 9.17) is 14.5 Å². The van der Waals surface area contributed by atoms with Crippen LogP contribution in [0.5, 0.6) is 11.5 Å². The summed E-state index contributed by atoms with van der Waals surface area (Å²) >= 11 is 0. The highest BCUT2D eigenvalue weighted by molar-refractivity contribution is 5.90. The highest BCUT2D eigenvalue weighted by Gasteiger charge is 2.11. The van der Waals surface area contributed by atoms with Crippen LogP contribution in [0.25, 0.3) is 10.9 Å². The average Bonchev–Trinajstić information content (AvgIpc) is 2.78. The Morgan fingerprint density at radius 3 is 2.43 bits per heavy atom. The van der Waals surface area contributed by atoms with Crippen LogP contribution in [0.4, 0.5) is 17.5 Å². The first-order chi connectivity index (χ1) is 14.7. The molecule has 0 atom stereocenters. The SMILES string of the molecule is COc1ccccc1CNc1nc(Nc2cc(C)ccc2OC)nc2ccccc12. The number of hydrogen-bond acceptors (Lipinski definition) is 6. The molecule has 0 saturated heterocycles. The number of aryl methyl sites for hydroxylation is 1. The van der Waals surface area contributed by atoms with Gasteiger partial charge in [-0.2, -0.15) is 4.98 Å². The van der Waals surface area contributed by atoms with E-state index in [-0.39, 0.29) is 0 Å². The van der Waals surface area contributed by atoms with E-state index in [1.165, 1.54) is 0 Å². The largest absolute Gasteiger partial charge is 0.496 e. The van der Waals surface area contributed by atoms with Crippen LogP contribution in [-0.4, -0.2) is 24.2 Å². The van der Waals surface area contributed by atoms with Gasteiger partial charge in [0, 0.05) is 17.5 Å². The number of nitrogens with zero attached hydrogens (tertiary/aromatic N) is 2. The molecule has 6 nitrogen and oxygen atoms in total. The summed E-state index contributed by atoms with van der Waals surface area (Å²) in [5.41, 5.74) is 3.85. The second kappa shape index (κ2) is 8.69. The minimum atomic E-state index is 0.500. The molecule has 1 heterocycles. The van der Waals surface area contributed by atoms with Gasteiger partial charge >= 0.3 is 0 Å². The lowest BCUT2D eigenvalue weighted by molar-refractivity contribution is 0.410. The molecule has 0 bridgehead atoms. The lowest BCUT2D eigenvalue weighted by Crippen LogP contribution is -2.07. The first-order valence-electron chi connectivity index (χ1n) is 9.72. The Bertz CT molecular complexity index is 1180. The molecule has 0 aliphatic heterocycles. The molecule has 3 aromatic carbocycles. The van der Waals surface area contributed by atoms with Gasteiger partial charge in [0.25, 0.3) is 0 Å². The van der Waals surface area contributed by atoms with Gasteiger partial charge in [0.15, 0.2) is 0 Å². The molecule has 6 heteroatoms. The zero-order chi connectivity index (χ0) is 20.9. The number of para-hydroxylation sites is 2. The Balaban J connectivity index is 1.69. The number of nitrogens with one attached hydrogen (secondary N) is 2. The molecule has 0 aliphatic carbocycles. The summed E-state index contributed by atoms with van der Waals surface area (Å²) in [5, 5.41) is 7.70. The summed E-state index contributed by atoms with van der Waals surface area (Å²) in [7, 11) is 3.33. The number of aromatic nitrogens is 2. The smallest absolute Gasteiger partial charge is 0.229 e. The number of methoxy groups -OCH3 is 2. The van der Waals surface area contributed by atoms with Crippen molar-refractivity contribution in [2.24, 2.45) is 0 Å². The van der Waals surface area contributed by atoms with Gasteiger partial charge in [-0.1, -0.05) is 36.4 Å². The fraction of sp³-hybridized carbons (Fsp3) is 0.167. The molecule has 4 rings (SSSR count).